The molecule has 0 unspecified atom stereocenters. The van der Waals surface area contributed by atoms with Crippen molar-refractivity contribution in [3.8, 4) is 0 Å². The molecule has 7 nitrogen and oxygen atoms in total. The Bertz CT molecular complexity index is 1200. The maximum atomic E-state index is 12.1. The quantitative estimate of drug-likeness (QED) is 0.388. The molecule has 2 aromatic heterocycles. The van der Waals surface area contributed by atoms with Crippen molar-refractivity contribution in [2.45, 2.75) is 37.6 Å². The Kier molecular flexibility index (Phi) is 6.06. The van der Waals surface area contributed by atoms with Crippen molar-refractivity contribution in [1.29, 1.82) is 0 Å². The van der Waals surface area contributed by atoms with E-state index in [1.54, 1.807) is 6.07 Å². The minimum Gasteiger partial charge on any atom is -0.339 e. The van der Waals surface area contributed by atoms with E-state index in [1.165, 1.54) is 17.3 Å². The SMILES string of the molecule is Cc1ccc2nc(SCc3noc(CCC(=O)Nc4ccc(C)c(Cl)c4)n3)[nH]c2c1. The first-order chi connectivity index (χ1) is 14.5. The maximum Gasteiger partial charge on any atom is 0.227 e. The van der Waals surface area contributed by atoms with Gasteiger partial charge in [0.25, 0.3) is 0 Å². The van der Waals surface area contributed by atoms with Crippen molar-refractivity contribution >= 4 is 46.0 Å². The monoisotopic (exact) mass is 441 g/mol. The first-order valence-electron chi connectivity index (χ1n) is 9.43. The molecule has 4 rings (SSSR count). The number of aromatic amines is 1. The second-order valence-corrected chi connectivity index (χ2v) is 8.34. The molecule has 0 aliphatic rings. The highest BCUT2D eigenvalue weighted by atomic mass is 35.5. The lowest BCUT2D eigenvalue weighted by atomic mass is 10.2. The second kappa shape index (κ2) is 8.89. The summed E-state index contributed by atoms with van der Waals surface area (Å²) in [6.07, 6.45) is 0.607. The fourth-order valence-electron chi connectivity index (χ4n) is 2.87. The van der Waals surface area contributed by atoms with Gasteiger partial charge in [-0.05, 0) is 49.2 Å². The Labute approximate surface area is 182 Å². The summed E-state index contributed by atoms with van der Waals surface area (Å²) in [4.78, 5) is 24.3. The Morgan fingerprint density at radius 1 is 1.20 bits per heavy atom. The van der Waals surface area contributed by atoms with E-state index in [2.05, 4.69) is 31.5 Å². The van der Waals surface area contributed by atoms with Gasteiger partial charge in [0.05, 0.1) is 16.8 Å². The van der Waals surface area contributed by atoms with Crippen LogP contribution in [0.1, 0.15) is 29.3 Å². The Morgan fingerprint density at radius 3 is 2.90 bits per heavy atom. The van der Waals surface area contributed by atoms with E-state index < -0.39 is 0 Å². The van der Waals surface area contributed by atoms with Crippen LogP contribution in [0.15, 0.2) is 46.1 Å². The first-order valence-corrected chi connectivity index (χ1v) is 10.8. The fraction of sp³-hybridized carbons (Fsp3) is 0.238. The number of aromatic nitrogens is 4. The number of H-pyrrole nitrogens is 1. The van der Waals surface area contributed by atoms with Crippen molar-refractivity contribution < 1.29 is 9.32 Å². The van der Waals surface area contributed by atoms with Gasteiger partial charge in [-0.15, -0.1) is 0 Å². The number of fused-ring (bicyclic) bond motifs is 1. The van der Waals surface area contributed by atoms with E-state index in [1.807, 2.05) is 38.1 Å². The number of imidazole rings is 1. The summed E-state index contributed by atoms with van der Waals surface area (Å²) < 4.78 is 5.26. The second-order valence-electron chi connectivity index (χ2n) is 6.97. The summed E-state index contributed by atoms with van der Waals surface area (Å²) in [6.45, 7) is 3.96. The van der Waals surface area contributed by atoms with Crippen molar-refractivity contribution in [3.63, 3.8) is 0 Å². The van der Waals surface area contributed by atoms with Crippen LogP contribution in [0.2, 0.25) is 5.02 Å². The van der Waals surface area contributed by atoms with Crippen molar-refractivity contribution in [2.24, 2.45) is 0 Å². The van der Waals surface area contributed by atoms with E-state index in [-0.39, 0.29) is 12.3 Å². The molecule has 2 aromatic carbocycles. The van der Waals surface area contributed by atoms with E-state index in [0.717, 1.165) is 21.8 Å². The predicted molar refractivity (Wildman–Crippen MR) is 118 cm³/mol. The molecule has 0 aliphatic carbocycles. The molecule has 1 amide bonds. The van der Waals surface area contributed by atoms with Gasteiger partial charge < -0.3 is 14.8 Å². The molecule has 0 saturated carbocycles. The molecule has 30 heavy (non-hydrogen) atoms. The van der Waals surface area contributed by atoms with Crippen molar-refractivity contribution in [3.05, 3.63) is 64.3 Å². The van der Waals surface area contributed by atoms with Crippen molar-refractivity contribution in [2.75, 3.05) is 5.32 Å². The summed E-state index contributed by atoms with van der Waals surface area (Å²) >= 11 is 7.59. The lowest BCUT2D eigenvalue weighted by Gasteiger charge is -2.06. The van der Waals surface area contributed by atoms with Gasteiger partial charge in [-0.2, -0.15) is 4.98 Å². The van der Waals surface area contributed by atoms with Crippen LogP contribution in [-0.2, 0) is 17.0 Å². The molecule has 0 aliphatic heterocycles. The highest BCUT2D eigenvalue weighted by molar-refractivity contribution is 7.98. The molecular formula is C21H20ClN5O2S. The van der Waals surface area contributed by atoms with Gasteiger partial charge in [0.1, 0.15) is 0 Å². The van der Waals surface area contributed by atoms with Crippen LogP contribution in [0.5, 0.6) is 0 Å². The van der Waals surface area contributed by atoms with Crippen LogP contribution in [0.4, 0.5) is 5.69 Å². The van der Waals surface area contributed by atoms with Gasteiger partial charge in [-0.1, -0.05) is 40.7 Å². The molecule has 0 atom stereocenters. The Morgan fingerprint density at radius 2 is 2.07 bits per heavy atom. The summed E-state index contributed by atoms with van der Waals surface area (Å²) in [5.41, 5.74) is 4.74. The number of benzene rings is 2. The Balaban J connectivity index is 1.28. The number of nitrogens with zero attached hydrogens (tertiary/aromatic N) is 3. The average Bonchev–Trinajstić information content (AvgIpc) is 3.33. The first kappa shape index (κ1) is 20.4. The smallest absolute Gasteiger partial charge is 0.227 e. The number of carbonyl (C=O) groups excluding carboxylic acids is 1. The normalized spacial score (nSPS) is 11.2. The zero-order chi connectivity index (χ0) is 21.1. The Hall–Kier alpha value is -2.84. The van der Waals surface area contributed by atoms with Crippen LogP contribution in [0.25, 0.3) is 11.0 Å². The van der Waals surface area contributed by atoms with Crippen LogP contribution in [0.3, 0.4) is 0 Å². The number of rotatable bonds is 7. The number of anilines is 1. The summed E-state index contributed by atoms with van der Waals surface area (Å²) in [5, 5.41) is 8.23. The van der Waals surface area contributed by atoms with Gasteiger partial charge in [0, 0.05) is 23.6 Å². The number of carbonyl (C=O) groups is 1. The van der Waals surface area contributed by atoms with E-state index >= 15 is 0 Å². The molecule has 4 aromatic rings. The molecule has 2 heterocycles. The van der Waals surface area contributed by atoms with Gasteiger partial charge in [-0.3, -0.25) is 4.79 Å². The number of nitrogens with one attached hydrogen (secondary N) is 2. The largest absolute Gasteiger partial charge is 0.339 e. The molecule has 9 heteroatoms. The third-order valence-corrected chi connectivity index (χ3v) is 5.76. The highest BCUT2D eigenvalue weighted by Gasteiger charge is 2.11. The van der Waals surface area contributed by atoms with Crippen LogP contribution in [0, 0.1) is 13.8 Å². The number of halogens is 1. The highest BCUT2D eigenvalue weighted by Crippen LogP contribution is 2.23. The standard InChI is InChI=1S/C21H20ClN5O2S/c1-12-3-6-16-17(9-12)25-21(24-16)30-11-18-26-20(29-27-18)8-7-19(28)23-14-5-4-13(2)15(22)10-14/h3-6,9-10H,7-8,11H2,1-2H3,(H,23,28)(H,24,25). The average molecular weight is 442 g/mol. The van der Waals surface area contributed by atoms with E-state index in [9.17, 15) is 4.79 Å². The minimum atomic E-state index is -0.137. The molecule has 2 N–H and O–H groups in total. The molecule has 0 fully saturated rings. The number of hydrogen-bond donors (Lipinski definition) is 2. The third-order valence-electron chi connectivity index (χ3n) is 4.49. The summed E-state index contributed by atoms with van der Waals surface area (Å²) in [5.74, 6) is 1.39. The lowest BCUT2D eigenvalue weighted by molar-refractivity contribution is -0.116. The fourth-order valence-corrected chi connectivity index (χ4v) is 3.77. The molecule has 0 saturated heterocycles. The van der Waals surface area contributed by atoms with E-state index in [4.69, 9.17) is 16.1 Å². The summed E-state index contributed by atoms with van der Waals surface area (Å²) in [7, 11) is 0. The third kappa shape index (κ3) is 5.01. The molecule has 0 bridgehead atoms. The number of amides is 1. The zero-order valence-corrected chi connectivity index (χ0v) is 18.1. The van der Waals surface area contributed by atoms with Crippen molar-refractivity contribution in [1.82, 2.24) is 20.1 Å². The van der Waals surface area contributed by atoms with Crippen LogP contribution in [-0.4, -0.2) is 26.0 Å². The predicted octanol–water partition coefficient (Wildman–Crippen LogP) is 5.08. The van der Waals surface area contributed by atoms with Gasteiger partial charge in [0.15, 0.2) is 11.0 Å². The molecule has 154 valence electrons. The van der Waals surface area contributed by atoms with Gasteiger partial charge in [-0.25, -0.2) is 4.98 Å². The number of aryl methyl sites for hydroxylation is 3. The maximum absolute atomic E-state index is 12.1. The number of thioether (sulfide) groups is 1. The summed E-state index contributed by atoms with van der Waals surface area (Å²) in [6, 6.07) is 11.5. The number of hydrogen-bond acceptors (Lipinski definition) is 6. The topological polar surface area (TPSA) is 96.7 Å². The lowest BCUT2D eigenvalue weighted by Crippen LogP contribution is -2.12. The molecule has 0 spiro atoms. The van der Waals surface area contributed by atoms with Crippen LogP contribution < -0.4 is 5.32 Å². The molecule has 0 radical (unpaired) electrons. The van der Waals surface area contributed by atoms with E-state index in [0.29, 0.717) is 34.6 Å². The van der Waals surface area contributed by atoms with Crippen LogP contribution >= 0.6 is 23.4 Å². The van der Waals surface area contributed by atoms with Gasteiger partial charge in [0.2, 0.25) is 11.8 Å². The molecular weight excluding hydrogens is 422 g/mol. The minimum absolute atomic E-state index is 0.137. The van der Waals surface area contributed by atoms with Gasteiger partial charge >= 0.3 is 0 Å². The zero-order valence-electron chi connectivity index (χ0n) is 16.5.